The lowest BCUT2D eigenvalue weighted by atomic mass is 9.85. The summed E-state index contributed by atoms with van der Waals surface area (Å²) in [5.41, 5.74) is 7.95. The van der Waals surface area contributed by atoms with Gasteiger partial charge in [0, 0.05) is 17.5 Å². The zero-order valence-electron chi connectivity index (χ0n) is 12.0. The van der Waals surface area contributed by atoms with Crippen molar-refractivity contribution in [3.8, 4) is 11.5 Å². The Morgan fingerprint density at radius 1 is 1.21 bits per heavy atom. The fourth-order valence-electron chi connectivity index (χ4n) is 2.41. The number of benzene rings is 1. The topological polar surface area (TPSA) is 44.5 Å². The fourth-order valence-corrected chi connectivity index (χ4v) is 2.66. The number of rotatable bonds is 2. The molecule has 1 aliphatic rings. The predicted octanol–water partition coefficient (Wildman–Crippen LogP) is 3.82. The third kappa shape index (κ3) is 2.82. The number of halogens is 1. The van der Waals surface area contributed by atoms with Gasteiger partial charge in [-0.05, 0) is 31.4 Å². The minimum Gasteiger partial charge on any atom is -0.489 e. The summed E-state index contributed by atoms with van der Waals surface area (Å²) in [5, 5.41) is 0.579. The standard InChI is InChI=1S/C15H22ClNO2/c1-9(2)12-10(15(3,4)17)8-11(16)13-14(12)19-7-5-6-18-13/h8-9H,5-7,17H2,1-4H3. The summed E-state index contributed by atoms with van der Waals surface area (Å²) in [7, 11) is 0. The Balaban J connectivity index is 2.71. The molecule has 0 bridgehead atoms. The molecule has 0 amide bonds. The van der Waals surface area contributed by atoms with Gasteiger partial charge < -0.3 is 15.2 Å². The van der Waals surface area contributed by atoms with Crippen molar-refractivity contribution in [3.05, 3.63) is 22.2 Å². The molecule has 0 fully saturated rings. The van der Waals surface area contributed by atoms with Gasteiger partial charge in [-0.15, -0.1) is 0 Å². The lowest BCUT2D eigenvalue weighted by Gasteiger charge is -2.28. The van der Waals surface area contributed by atoms with E-state index in [2.05, 4.69) is 13.8 Å². The minimum atomic E-state index is -0.464. The second-order valence-electron chi connectivity index (χ2n) is 5.90. The monoisotopic (exact) mass is 283 g/mol. The number of ether oxygens (including phenoxy) is 2. The van der Waals surface area contributed by atoms with Gasteiger partial charge in [-0.25, -0.2) is 0 Å². The molecular weight excluding hydrogens is 262 g/mol. The molecule has 2 N–H and O–H groups in total. The molecule has 0 unspecified atom stereocenters. The van der Waals surface area contributed by atoms with E-state index in [1.807, 2.05) is 19.9 Å². The second-order valence-corrected chi connectivity index (χ2v) is 6.31. The van der Waals surface area contributed by atoms with Crippen LogP contribution < -0.4 is 15.2 Å². The SMILES string of the molecule is CC(C)c1c(C(C)(C)N)cc(Cl)c2c1OCCCO2. The van der Waals surface area contributed by atoms with E-state index in [1.54, 1.807) is 0 Å². The van der Waals surface area contributed by atoms with Gasteiger partial charge in [0.05, 0.1) is 18.2 Å². The summed E-state index contributed by atoms with van der Waals surface area (Å²) < 4.78 is 11.6. The predicted molar refractivity (Wildman–Crippen MR) is 78.4 cm³/mol. The van der Waals surface area contributed by atoms with Crippen LogP contribution in [0.15, 0.2) is 6.07 Å². The molecule has 0 atom stereocenters. The van der Waals surface area contributed by atoms with E-state index >= 15 is 0 Å². The van der Waals surface area contributed by atoms with Crippen molar-refractivity contribution in [2.45, 2.75) is 45.6 Å². The Morgan fingerprint density at radius 3 is 2.32 bits per heavy atom. The first-order valence-corrected chi connectivity index (χ1v) is 7.11. The molecule has 1 aromatic rings. The summed E-state index contributed by atoms with van der Waals surface area (Å²) in [6.07, 6.45) is 0.865. The summed E-state index contributed by atoms with van der Waals surface area (Å²) in [5.74, 6) is 1.73. The van der Waals surface area contributed by atoms with E-state index in [0.717, 1.165) is 23.3 Å². The Hall–Kier alpha value is -0.930. The molecule has 1 heterocycles. The lowest BCUT2D eigenvalue weighted by molar-refractivity contribution is 0.295. The quantitative estimate of drug-likeness (QED) is 0.897. The number of hydrogen-bond donors (Lipinski definition) is 1. The molecule has 19 heavy (non-hydrogen) atoms. The van der Waals surface area contributed by atoms with Crippen LogP contribution >= 0.6 is 11.6 Å². The molecule has 0 aliphatic carbocycles. The van der Waals surface area contributed by atoms with E-state index in [-0.39, 0.29) is 0 Å². The van der Waals surface area contributed by atoms with Gasteiger partial charge in [0.2, 0.25) is 0 Å². The van der Waals surface area contributed by atoms with E-state index in [1.165, 1.54) is 0 Å². The molecule has 1 aromatic carbocycles. The van der Waals surface area contributed by atoms with Crippen molar-refractivity contribution < 1.29 is 9.47 Å². The van der Waals surface area contributed by atoms with E-state index in [0.29, 0.717) is 29.9 Å². The summed E-state index contributed by atoms with van der Waals surface area (Å²) in [6.45, 7) is 9.51. The zero-order chi connectivity index (χ0) is 14.2. The van der Waals surface area contributed by atoms with Gasteiger partial charge >= 0.3 is 0 Å². The highest BCUT2D eigenvalue weighted by Crippen LogP contribution is 2.46. The second kappa shape index (κ2) is 5.22. The number of fused-ring (bicyclic) bond motifs is 1. The third-order valence-corrected chi connectivity index (χ3v) is 3.56. The first kappa shape index (κ1) is 14.5. The van der Waals surface area contributed by atoms with Gasteiger partial charge in [-0.3, -0.25) is 0 Å². The highest BCUT2D eigenvalue weighted by molar-refractivity contribution is 6.32. The maximum Gasteiger partial charge on any atom is 0.180 e. The molecular formula is C15H22ClNO2. The van der Waals surface area contributed by atoms with Crippen LogP contribution in [0.25, 0.3) is 0 Å². The molecule has 2 rings (SSSR count). The van der Waals surface area contributed by atoms with Crippen LogP contribution in [0.4, 0.5) is 0 Å². The average molecular weight is 284 g/mol. The van der Waals surface area contributed by atoms with Crippen molar-refractivity contribution in [3.63, 3.8) is 0 Å². The van der Waals surface area contributed by atoms with Gasteiger partial charge in [0.1, 0.15) is 0 Å². The highest BCUT2D eigenvalue weighted by Gasteiger charge is 2.29. The largest absolute Gasteiger partial charge is 0.489 e. The van der Waals surface area contributed by atoms with Gasteiger partial charge in [-0.2, -0.15) is 0 Å². The normalized spacial score (nSPS) is 15.5. The van der Waals surface area contributed by atoms with Crippen LogP contribution in [0.2, 0.25) is 5.02 Å². The van der Waals surface area contributed by atoms with Gasteiger partial charge in [-0.1, -0.05) is 25.4 Å². The molecule has 0 saturated heterocycles. The molecule has 1 aliphatic heterocycles. The van der Waals surface area contributed by atoms with Crippen LogP contribution in [-0.4, -0.2) is 13.2 Å². The maximum atomic E-state index is 6.34. The van der Waals surface area contributed by atoms with Crippen molar-refractivity contribution in [1.82, 2.24) is 0 Å². The number of hydrogen-bond acceptors (Lipinski definition) is 3. The molecule has 0 radical (unpaired) electrons. The summed E-state index contributed by atoms with van der Waals surface area (Å²) >= 11 is 6.34. The summed E-state index contributed by atoms with van der Waals surface area (Å²) in [4.78, 5) is 0. The van der Waals surface area contributed by atoms with Crippen LogP contribution in [0.1, 0.15) is 51.2 Å². The minimum absolute atomic E-state index is 0.297. The molecule has 0 spiro atoms. The molecule has 0 aromatic heterocycles. The van der Waals surface area contributed by atoms with Crippen LogP contribution in [0.3, 0.4) is 0 Å². The van der Waals surface area contributed by atoms with Crippen molar-refractivity contribution >= 4 is 11.6 Å². The first-order valence-electron chi connectivity index (χ1n) is 6.73. The van der Waals surface area contributed by atoms with Gasteiger partial charge in [0.15, 0.2) is 11.5 Å². The van der Waals surface area contributed by atoms with Crippen molar-refractivity contribution in [2.75, 3.05) is 13.2 Å². The fraction of sp³-hybridized carbons (Fsp3) is 0.600. The van der Waals surface area contributed by atoms with E-state index in [4.69, 9.17) is 26.8 Å². The highest BCUT2D eigenvalue weighted by atomic mass is 35.5. The van der Waals surface area contributed by atoms with Crippen molar-refractivity contribution in [1.29, 1.82) is 0 Å². The van der Waals surface area contributed by atoms with Crippen LogP contribution in [0, 0.1) is 0 Å². The van der Waals surface area contributed by atoms with Gasteiger partial charge in [0.25, 0.3) is 0 Å². The van der Waals surface area contributed by atoms with Crippen LogP contribution in [-0.2, 0) is 5.54 Å². The van der Waals surface area contributed by atoms with Crippen LogP contribution in [0.5, 0.6) is 11.5 Å². The smallest absolute Gasteiger partial charge is 0.180 e. The Labute approximate surface area is 120 Å². The third-order valence-electron chi connectivity index (χ3n) is 3.28. The Morgan fingerprint density at radius 2 is 1.79 bits per heavy atom. The summed E-state index contributed by atoms with van der Waals surface area (Å²) in [6, 6.07) is 1.92. The first-order chi connectivity index (χ1) is 8.82. The Kier molecular flexibility index (Phi) is 3.98. The Bertz CT molecular complexity index is 478. The van der Waals surface area contributed by atoms with E-state index in [9.17, 15) is 0 Å². The number of nitrogens with two attached hydrogens (primary N) is 1. The molecule has 4 heteroatoms. The molecule has 3 nitrogen and oxygen atoms in total. The molecule has 0 saturated carbocycles. The lowest BCUT2D eigenvalue weighted by Crippen LogP contribution is -2.30. The average Bonchev–Trinajstić information content (AvgIpc) is 2.52. The zero-order valence-corrected chi connectivity index (χ0v) is 12.8. The van der Waals surface area contributed by atoms with Crippen molar-refractivity contribution in [2.24, 2.45) is 5.73 Å². The molecule has 106 valence electrons. The maximum absolute atomic E-state index is 6.34. The van der Waals surface area contributed by atoms with E-state index < -0.39 is 5.54 Å².